The molecule has 1 fully saturated rings. The Balaban J connectivity index is 1.80. The highest BCUT2D eigenvalue weighted by Gasteiger charge is 2.37. The van der Waals surface area contributed by atoms with Crippen LogP contribution in [0.5, 0.6) is 0 Å². The molecule has 8 heteroatoms. The van der Waals surface area contributed by atoms with E-state index in [1.165, 1.54) is 0 Å². The van der Waals surface area contributed by atoms with Gasteiger partial charge in [-0.2, -0.15) is 31.4 Å². The maximum absolute atomic E-state index is 13.0. The maximum Gasteiger partial charge on any atom is 0.416 e. The fourth-order valence-corrected chi connectivity index (χ4v) is 3.44. The van der Waals surface area contributed by atoms with Crippen molar-refractivity contribution in [2.45, 2.75) is 51.2 Å². The summed E-state index contributed by atoms with van der Waals surface area (Å²) in [5.41, 5.74) is -0.726. The fraction of sp³-hybridized carbons (Fsp3) is 0.429. The third-order valence-corrected chi connectivity index (χ3v) is 4.96. The molecule has 0 bridgehead atoms. The minimum Gasteiger partial charge on any atom is -0.294 e. The number of hydrogen-bond acceptors (Lipinski definition) is 2. The fourth-order valence-electron chi connectivity index (χ4n) is 3.44. The van der Waals surface area contributed by atoms with Crippen LogP contribution in [0.1, 0.15) is 53.1 Å². The Kier molecular flexibility index (Phi) is 6.24. The summed E-state index contributed by atoms with van der Waals surface area (Å²) in [6, 6.07) is 9.31. The van der Waals surface area contributed by atoms with Crippen LogP contribution in [0.2, 0.25) is 0 Å². The summed E-state index contributed by atoms with van der Waals surface area (Å²) in [7, 11) is 0. The van der Waals surface area contributed by atoms with Gasteiger partial charge >= 0.3 is 12.4 Å². The summed E-state index contributed by atoms with van der Waals surface area (Å²) in [6.45, 7) is 2.16. The Morgan fingerprint density at radius 3 is 2.03 bits per heavy atom. The summed E-state index contributed by atoms with van der Waals surface area (Å²) < 4.78 is 78.2. The van der Waals surface area contributed by atoms with Crippen LogP contribution in [0.25, 0.3) is 0 Å². The summed E-state index contributed by atoms with van der Waals surface area (Å²) in [5.74, 6) is 0. The molecular formula is C21H21F6NO. The van der Waals surface area contributed by atoms with Gasteiger partial charge in [-0.25, -0.2) is 0 Å². The van der Waals surface area contributed by atoms with Crippen molar-refractivity contribution in [3.05, 3.63) is 70.3 Å². The molecule has 2 aromatic rings. The van der Waals surface area contributed by atoms with Crippen LogP contribution in [-0.2, 0) is 23.8 Å². The maximum atomic E-state index is 13.0. The Labute approximate surface area is 165 Å². The number of aryl methyl sites for hydroxylation is 1. The molecule has 0 amide bonds. The first-order valence-electron chi connectivity index (χ1n) is 9.28. The van der Waals surface area contributed by atoms with Crippen molar-refractivity contribution in [3.8, 4) is 0 Å². The van der Waals surface area contributed by atoms with Gasteiger partial charge in [0.1, 0.15) is 0 Å². The first-order valence-corrected chi connectivity index (χ1v) is 9.28. The van der Waals surface area contributed by atoms with Gasteiger partial charge in [-0.3, -0.25) is 4.84 Å². The van der Waals surface area contributed by atoms with Crippen LogP contribution >= 0.6 is 0 Å². The van der Waals surface area contributed by atoms with Crippen LogP contribution in [0.3, 0.4) is 0 Å². The average molecular weight is 417 g/mol. The second-order valence-corrected chi connectivity index (χ2v) is 7.25. The summed E-state index contributed by atoms with van der Waals surface area (Å²) in [5, 5.41) is 1.67. The van der Waals surface area contributed by atoms with Crippen LogP contribution < -0.4 is 0 Å². The molecule has 0 saturated carbocycles. The Hall–Kier alpha value is -2.06. The van der Waals surface area contributed by atoms with Crippen molar-refractivity contribution >= 4 is 0 Å². The molecule has 0 aromatic heterocycles. The predicted octanol–water partition coefficient (Wildman–Crippen LogP) is 6.69. The van der Waals surface area contributed by atoms with Crippen LogP contribution in [0.4, 0.5) is 26.3 Å². The van der Waals surface area contributed by atoms with E-state index in [0.29, 0.717) is 18.7 Å². The van der Waals surface area contributed by atoms with E-state index < -0.39 is 23.5 Å². The summed E-state index contributed by atoms with van der Waals surface area (Å²) in [6.07, 6.45) is -7.12. The van der Waals surface area contributed by atoms with Gasteiger partial charge < -0.3 is 0 Å². The topological polar surface area (TPSA) is 12.5 Å². The van der Waals surface area contributed by atoms with E-state index in [2.05, 4.69) is 0 Å². The van der Waals surface area contributed by atoms with Gasteiger partial charge in [-0.05, 0) is 49.1 Å². The molecule has 1 aliphatic rings. The van der Waals surface area contributed by atoms with Crippen molar-refractivity contribution in [2.24, 2.45) is 0 Å². The van der Waals surface area contributed by atoms with Crippen molar-refractivity contribution in [1.82, 2.24) is 5.06 Å². The lowest BCUT2D eigenvalue weighted by molar-refractivity contribution is -0.209. The van der Waals surface area contributed by atoms with Crippen molar-refractivity contribution in [1.29, 1.82) is 0 Å². The number of rotatable bonds is 4. The molecular weight excluding hydrogens is 396 g/mol. The highest BCUT2D eigenvalue weighted by Crippen LogP contribution is 2.37. The zero-order valence-electron chi connectivity index (χ0n) is 15.8. The highest BCUT2D eigenvalue weighted by atomic mass is 19.4. The number of alkyl halides is 6. The van der Waals surface area contributed by atoms with E-state index in [-0.39, 0.29) is 24.3 Å². The number of benzene rings is 2. The number of halogens is 6. The molecule has 0 N–H and O–H groups in total. The van der Waals surface area contributed by atoms with Gasteiger partial charge in [0.05, 0.1) is 23.8 Å². The lowest BCUT2D eigenvalue weighted by atomic mass is 9.96. The number of piperidine rings is 1. The first-order chi connectivity index (χ1) is 13.5. The second kappa shape index (κ2) is 8.36. The van der Waals surface area contributed by atoms with Gasteiger partial charge in [0, 0.05) is 6.54 Å². The molecule has 2 aromatic carbocycles. The van der Waals surface area contributed by atoms with E-state index in [1.807, 2.05) is 31.2 Å². The quantitative estimate of drug-likeness (QED) is 0.514. The van der Waals surface area contributed by atoms with Gasteiger partial charge in [-0.15, -0.1) is 0 Å². The number of hydrogen-bond donors (Lipinski definition) is 0. The van der Waals surface area contributed by atoms with Crippen LogP contribution in [0, 0.1) is 6.92 Å². The van der Waals surface area contributed by atoms with Crippen molar-refractivity contribution < 1.29 is 31.2 Å². The molecule has 158 valence electrons. The third kappa shape index (κ3) is 5.51. The highest BCUT2D eigenvalue weighted by molar-refractivity contribution is 5.33. The monoisotopic (exact) mass is 417 g/mol. The minimum absolute atomic E-state index is 0.0859. The predicted molar refractivity (Wildman–Crippen MR) is 95.7 cm³/mol. The molecule has 1 aliphatic heterocycles. The van der Waals surface area contributed by atoms with Gasteiger partial charge in [0.25, 0.3) is 0 Å². The number of hydroxylamine groups is 2. The molecule has 1 saturated heterocycles. The van der Waals surface area contributed by atoms with E-state index in [4.69, 9.17) is 4.84 Å². The van der Waals surface area contributed by atoms with E-state index in [0.717, 1.165) is 30.4 Å². The minimum atomic E-state index is -4.87. The van der Waals surface area contributed by atoms with E-state index in [9.17, 15) is 26.3 Å². The van der Waals surface area contributed by atoms with Gasteiger partial charge in [0.2, 0.25) is 0 Å². The summed E-state index contributed by atoms with van der Waals surface area (Å²) >= 11 is 0. The molecule has 1 atom stereocenters. The van der Waals surface area contributed by atoms with E-state index >= 15 is 0 Å². The Morgan fingerprint density at radius 2 is 1.48 bits per heavy atom. The SMILES string of the molecule is Cc1ccc(C2CCCCN2OCc2cc(C(F)(F)F)cc(C(F)(F)F)c2)cc1. The normalized spacial score (nSPS) is 18.8. The summed E-state index contributed by atoms with van der Waals surface area (Å²) in [4.78, 5) is 5.70. The Morgan fingerprint density at radius 1 is 0.897 bits per heavy atom. The third-order valence-electron chi connectivity index (χ3n) is 4.96. The van der Waals surface area contributed by atoms with Gasteiger partial charge in [0.15, 0.2) is 0 Å². The van der Waals surface area contributed by atoms with Crippen LogP contribution in [0.15, 0.2) is 42.5 Å². The van der Waals surface area contributed by atoms with Crippen molar-refractivity contribution in [2.75, 3.05) is 6.54 Å². The molecule has 1 heterocycles. The first kappa shape index (κ1) is 21.6. The number of nitrogens with zero attached hydrogens (tertiary/aromatic N) is 1. The van der Waals surface area contributed by atoms with Crippen molar-refractivity contribution in [3.63, 3.8) is 0 Å². The second-order valence-electron chi connectivity index (χ2n) is 7.25. The molecule has 0 spiro atoms. The Bertz CT molecular complexity index is 796. The standard InChI is InChI=1S/C21H21F6NO/c1-14-5-7-16(8-6-14)19-4-2-3-9-28(19)29-13-15-10-17(20(22,23)24)12-18(11-15)21(25,26)27/h5-8,10-12,19H,2-4,9,13H2,1H3. The smallest absolute Gasteiger partial charge is 0.294 e. The largest absolute Gasteiger partial charge is 0.416 e. The average Bonchev–Trinajstić information content (AvgIpc) is 2.66. The lowest BCUT2D eigenvalue weighted by Gasteiger charge is -2.35. The zero-order chi connectivity index (χ0) is 21.2. The lowest BCUT2D eigenvalue weighted by Crippen LogP contribution is -2.33. The molecule has 0 aliphatic carbocycles. The molecule has 0 radical (unpaired) electrons. The molecule has 3 rings (SSSR count). The molecule has 29 heavy (non-hydrogen) atoms. The van der Waals surface area contributed by atoms with Crippen LogP contribution in [-0.4, -0.2) is 11.6 Å². The molecule has 2 nitrogen and oxygen atoms in total. The zero-order valence-corrected chi connectivity index (χ0v) is 15.8. The van der Waals surface area contributed by atoms with Gasteiger partial charge in [-0.1, -0.05) is 36.2 Å². The van der Waals surface area contributed by atoms with E-state index in [1.54, 1.807) is 5.06 Å². The molecule has 1 unspecified atom stereocenters.